The van der Waals surface area contributed by atoms with Gasteiger partial charge in [-0.3, -0.25) is 0 Å². The summed E-state index contributed by atoms with van der Waals surface area (Å²) in [6.45, 7) is 15.8. The summed E-state index contributed by atoms with van der Waals surface area (Å²) in [7, 11) is -0.309. The van der Waals surface area contributed by atoms with Crippen molar-refractivity contribution >= 4 is 8.32 Å². The molecule has 142 valence electrons. The van der Waals surface area contributed by atoms with E-state index in [1.807, 2.05) is 24.3 Å². The SMILES string of the molecule is C=C[C@@H](CO)[C@H](COCc1ccc(OC)cc1)O[Si](C)(C)C(C)(C)C. The lowest BCUT2D eigenvalue weighted by Gasteiger charge is -2.40. The monoisotopic (exact) mass is 366 g/mol. The Morgan fingerprint density at radius 3 is 2.24 bits per heavy atom. The summed E-state index contributed by atoms with van der Waals surface area (Å²) < 4.78 is 17.5. The number of methoxy groups -OCH3 is 1. The molecule has 0 radical (unpaired) electrons. The summed E-state index contributed by atoms with van der Waals surface area (Å²) in [6.07, 6.45) is 1.57. The van der Waals surface area contributed by atoms with E-state index in [0.717, 1.165) is 11.3 Å². The van der Waals surface area contributed by atoms with E-state index in [9.17, 15) is 5.11 Å². The maximum absolute atomic E-state index is 9.66. The molecule has 0 spiro atoms. The average molecular weight is 367 g/mol. The Hall–Kier alpha value is -1.14. The molecule has 1 N–H and O–H groups in total. The van der Waals surface area contributed by atoms with Gasteiger partial charge in [0, 0.05) is 5.92 Å². The first-order valence-electron chi connectivity index (χ1n) is 8.76. The van der Waals surface area contributed by atoms with Gasteiger partial charge in [-0.2, -0.15) is 0 Å². The quantitative estimate of drug-likeness (QED) is 0.492. The minimum Gasteiger partial charge on any atom is -0.497 e. The van der Waals surface area contributed by atoms with E-state index >= 15 is 0 Å². The summed E-state index contributed by atoms with van der Waals surface area (Å²) in [5, 5.41) is 9.76. The molecular formula is C20H34O4Si. The number of hydrogen-bond acceptors (Lipinski definition) is 4. The van der Waals surface area contributed by atoms with Crippen molar-refractivity contribution in [3.63, 3.8) is 0 Å². The third-order valence-corrected chi connectivity index (χ3v) is 9.46. The molecule has 0 fully saturated rings. The van der Waals surface area contributed by atoms with Crippen molar-refractivity contribution in [3.05, 3.63) is 42.5 Å². The molecule has 0 aliphatic carbocycles. The van der Waals surface area contributed by atoms with Crippen molar-refractivity contribution in [2.45, 2.75) is 51.6 Å². The van der Waals surface area contributed by atoms with Gasteiger partial charge in [-0.25, -0.2) is 0 Å². The second-order valence-corrected chi connectivity index (χ2v) is 12.6. The highest BCUT2D eigenvalue weighted by molar-refractivity contribution is 6.74. The Bertz CT molecular complexity index is 519. The van der Waals surface area contributed by atoms with E-state index in [4.69, 9.17) is 13.9 Å². The van der Waals surface area contributed by atoms with Crippen LogP contribution in [0.4, 0.5) is 0 Å². The van der Waals surface area contributed by atoms with Crippen LogP contribution in [0.25, 0.3) is 0 Å². The van der Waals surface area contributed by atoms with Gasteiger partial charge >= 0.3 is 0 Å². The first-order valence-corrected chi connectivity index (χ1v) is 11.7. The summed E-state index contributed by atoms with van der Waals surface area (Å²) in [6, 6.07) is 7.81. The number of rotatable bonds is 10. The topological polar surface area (TPSA) is 47.9 Å². The first-order chi connectivity index (χ1) is 11.6. The molecule has 1 aromatic rings. The van der Waals surface area contributed by atoms with Crippen LogP contribution in [-0.4, -0.2) is 39.9 Å². The molecule has 1 rings (SSSR count). The number of benzene rings is 1. The fourth-order valence-electron chi connectivity index (χ4n) is 2.16. The Balaban J connectivity index is 2.71. The van der Waals surface area contributed by atoms with Gasteiger partial charge in [0.15, 0.2) is 8.32 Å². The number of ether oxygens (including phenoxy) is 2. The maximum Gasteiger partial charge on any atom is 0.192 e. The highest BCUT2D eigenvalue weighted by Crippen LogP contribution is 2.38. The molecule has 0 saturated heterocycles. The fraction of sp³-hybridized carbons (Fsp3) is 0.600. The summed E-state index contributed by atoms with van der Waals surface area (Å²) in [4.78, 5) is 0. The molecule has 2 atom stereocenters. The van der Waals surface area contributed by atoms with Gasteiger partial charge in [0.05, 0.1) is 33.0 Å². The van der Waals surface area contributed by atoms with E-state index in [1.54, 1.807) is 13.2 Å². The van der Waals surface area contributed by atoms with E-state index in [1.165, 1.54) is 0 Å². The molecule has 0 unspecified atom stereocenters. The van der Waals surface area contributed by atoms with E-state index in [0.29, 0.717) is 13.2 Å². The van der Waals surface area contributed by atoms with E-state index in [2.05, 4.69) is 40.4 Å². The van der Waals surface area contributed by atoms with Gasteiger partial charge in [0.25, 0.3) is 0 Å². The van der Waals surface area contributed by atoms with Gasteiger partial charge in [-0.1, -0.05) is 39.0 Å². The third kappa shape index (κ3) is 6.59. The van der Waals surface area contributed by atoms with E-state index < -0.39 is 8.32 Å². The van der Waals surface area contributed by atoms with Crippen LogP contribution >= 0.6 is 0 Å². The smallest absolute Gasteiger partial charge is 0.192 e. The van der Waals surface area contributed by atoms with Crippen LogP contribution in [0.5, 0.6) is 5.75 Å². The summed E-state index contributed by atoms with van der Waals surface area (Å²) in [5.74, 6) is 0.694. The lowest BCUT2D eigenvalue weighted by atomic mass is 10.1. The van der Waals surface area contributed by atoms with E-state index in [-0.39, 0.29) is 23.7 Å². The zero-order valence-electron chi connectivity index (χ0n) is 16.5. The number of hydrogen-bond donors (Lipinski definition) is 1. The van der Waals surface area contributed by atoms with Crippen molar-refractivity contribution in [1.29, 1.82) is 0 Å². The predicted octanol–water partition coefficient (Wildman–Crippen LogP) is 4.40. The Morgan fingerprint density at radius 1 is 1.20 bits per heavy atom. The van der Waals surface area contributed by atoms with Crippen LogP contribution < -0.4 is 4.74 Å². The largest absolute Gasteiger partial charge is 0.497 e. The second kappa shape index (κ2) is 9.53. The first kappa shape index (κ1) is 21.9. The second-order valence-electron chi connectivity index (χ2n) is 7.86. The van der Waals surface area contributed by atoms with Crippen molar-refractivity contribution in [2.24, 2.45) is 5.92 Å². The van der Waals surface area contributed by atoms with Gasteiger partial charge < -0.3 is 19.0 Å². The fourth-order valence-corrected chi connectivity index (χ4v) is 3.51. The molecular weight excluding hydrogens is 332 g/mol. The molecule has 0 aromatic heterocycles. The van der Waals surface area contributed by atoms with Crippen molar-refractivity contribution in [1.82, 2.24) is 0 Å². The lowest BCUT2D eigenvalue weighted by molar-refractivity contribution is 0.00338. The molecule has 4 nitrogen and oxygen atoms in total. The molecule has 5 heteroatoms. The number of aliphatic hydroxyl groups excluding tert-OH is 1. The maximum atomic E-state index is 9.66. The van der Waals surface area contributed by atoms with Crippen molar-refractivity contribution < 1.29 is 19.0 Å². The van der Waals surface area contributed by atoms with Gasteiger partial charge in [0.2, 0.25) is 0 Å². The molecule has 25 heavy (non-hydrogen) atoms. The van der Waals surface area contributed by atoms with Crippen molar-refractivity contribution in [3.8, 4) is 5.75 Å². The zero-order chi connectivity index (χ0) is 19.1. The molecule has 0 amide bonds. The van der Waals surface area contributed by atoms with Crippen LogP contribution in [0.2, 0.25) is 18.1 Å². The average Bonchev–Trinajstić information content (AvgIpc) is 2.55. The Kier molecular flexibility index (Phi) is 8.34. The molecule has 0 saturated carbocycles. The highest BCUT2D eigenvalue weighted by Gasteiger charge is 2.40. The highest BCUT2D eigenvalue weighted by atomic mass is 28.4. The van der Waals surface area contributed by atoms with Gasteiger partial charge in [0.1, 0.15) is 5.75 Å². The molecule has 0 bridgehead atoms. The Labute approximate surface area is 153 Å². The van der Waals surface area contributed by atoms with Crippen LogP contribution in [0.1, 0.15) is 26.3 Å². The summed E-state index contributed by atoms with van der Waals surface area (Å²) in [5.41, 5.74) is 1.08. The standard InChI is InChI=1S/C20H34O4Si/c1-8-17(13-21)19(24-25(6,7)20(2,3)4)15-23-14-16-9-11-18(22-5)12-10-16/h8-12,17,19,21H,1,13-15H2,2-7H3/t17-,19-/m0/s1. The van der Waals surface area contributed by atoms with Crippen LogP contribution in [0.3, 0.4) is 0 Å². The van der Waals surface area contributed by atoms with Gasteiger partial charge in [-0.05, 0) is 35.8 Å². The number of aliphatic hydroxyl groups is 1. The van der Waals surface area contributed by atoms with Crippen LogP contribution in [0.15, 0.2) is 36.9 Å². The molecule has 0 heterocycles. The predicted molar refractivity (Wildman–Crippen MR) is 105 cm³/mol. The Morgan fingerprint density at radius 2 is 1.80 bits per heavy atom. The molecule has 0 aliphatic heterocycles. The van der Waals surface area contributed by atoms with Crippen molar-refractivity contribution in [2.75, 3.05) is 20.3 Å². The van der Waals surface area contributed by atoms with Crippen LogP contribution in [-0.2, 0) is 15.8 Å². The van der Waals surface area contributed by atoms with Crippen LogP contribution in [0, 0.1) is 5.92 Å². The summed E-state index contributed by atoms with van der Waals surface area (Å²) >= 11 is 0. The van der Waals surface area contributed by atoms with Gasteiger partial charge in [-0.15, -0.1) is 6.58 Å². The zero-order valence-corrected chi connectivity index (χ0v) is 17.5. The normalized spacial score (nSPS) is 14.8. The molecule has 0 aliphatic rings. The third-order valence-electron chi connectivity index (χ3n) is 4.95. The minimum absolute atomic E-state index is 0.00862. The minimum atomic E-state index is -1.96. The molecule has 1 aromatic carbocycles. The lowest BCUT2D eigenvalue weighted by Crippen LogP contribution is -2.47.